The minimum Gasteiger partial charge on any atom is -0.460 e. The first-order valence-corrected chi connectivity index (χ1v) is 9.16. The lowest BCUT2D eigenvalue weighted by Crippen LogP contribution is -2.44. The van der Waals surface area contributed by atoms with Crippen LogP contribution in [0.3, 0.4) is 0 Å². The van der Waals surface area contributed by atoms with Crippen LogP contribution in [0.4, 0.5) is 0 Å². The quantitative estimate of drug-likeness (QED) is 0.429. The normalized spacial score (nSPS) is 24.9. The van der Waals surface area contributed by atoms with E-state index in [-0.39, 0.29) is 18.4 Å². The van der Waals surface area contributed by atoms with Gasteiger partial charge in [0.1, 0.15) is 11.9 Å². The van der Waals surface area contributed by atoms with Crippen LogP contribution in [0.25, 0.3) is 0 Å². The molecule has 1 aliphatic heterocycles. The molecule has 8 heteroatoms. The van der Waals surface area contributed by atoms with E-state index in [1.807, 2.05) is 17.1 Å². The summed E-state index contributed by atoms with van der Waals surface area (Å²) in [6, 6.07) is 0. The number of ether oxygens (including phenoxy) is 2. The van der Waals surface area contributed by atoms with Crippen LogP contribution in [0.15, 0.2) is 12.2 Å². The van der Waals surface area contributed by atoms with Gasteiger partial charge in [0.05, 0.1) is 19.1 Å². The van der Waals surface area contributed by atoms with Gasteiger partial charge in [0.15, 0.2) is 0 Å². The number of hydrogen-bond donors (Lipinski definition) is 1. The Morgan fingerprint density at radius 1 is 1.36 bits per heavy atom. The highest BCUT2D eigenvalue weighted by Gasteiger charge is 2.28. The number of hydrogen-bond acceptors (Lipinski definition) is 6. The molecule has 2 aliphatic rings. The molecule has 0 radical (unpaired) electrons. The fourth-order valence-corrected chi connectivity index (χ4v) is 3.34. The maximum Gasteiger partial charge on any atom is 0.309 e. The van der Waals surface area contributed by atoms with Gasteiger partial charge in [-0.2, -0.15) is 8.42 Å². The van der Waals surface area contributed by atoms with Crippen molar-refractivity contribution in [3.63, 3.8) is 0 Å². The first-order valence-electron chi connectivity index (χ1n) is 7.55. The number of morpholine rings is 1. The highest BCUT2D eigenvalue weighted by atomic mass is 32.2. The number of carbonyl (C=O) groups is 1. The lowest BCUT2D eigenvalue weighted by molar-refractivity contribution is -0.154. The van der Waals surface area contributed by atoms with Gasteiger partial charge in [0.2, 0.25) is 0 Å². The molecule has 2 atom stereocenters. The molecule has 1 heterocycles. The number of rotatable bonds is 6. The first kappa shape index (κ1) is 17.4. The fraction of sp³-hybridized carbons (Fsp3) is 0.786. The van der Waals surface area contributed by atoms with Crippen LogP contribution in [-0.4, -0.2) is 68.5 Å². The molecule has 1 saturated heterocycles. The van der Waals surface area contributed by atoms with Gasteiger partial charge in [0.25, 0.3) is 10.1 Å². The molecule has 7 nitrogen and oxygen atoms in total. The Labute approximate surface area is 131 Å². The van der Waals surface area contributed by atoms with Gasteiger partial charge in [-0.25, -0.2) is 0 Å². The number of carbonyl (C=O) groups excluding carboxylic acids is 1. The van der Waals surface area contributed by atoms with Gasteiger partial charge >= 0.3 is 5.97 Å². The van der Waals surface area contributed by atoms with Crippen molar-refractivity contribution in [2.24, 2.45) is 5.92 Å². The third-order valence-electron chi connectivity index (χ3n) is 3.85. The summed E-state index contributed by atoms with van der Waals surface area (Å²) in [7, 11) is -4.20. The molecule has 126 valence electrons. The molecule has 2 unspecified atom stereocenters. The van der Waals surface area contributed by atoms with Crippen LogP contribution in [0.2, 0.25) is 0 Å². The molecule has 0 amide bonds. The van der Waals surface area contributed by atoms with Crippen LogP contribution in [-0.2, 0) is 24.4 Å². The lowest BCUT2D eigenvalue weighted by Gasteiger charge is -2.30. The van der Waals surface area contributed by atoms with Crippen molar-refractivity contribution < 1.29 is 27.2 Å². The number of allylic oxidation sites excluding steroid dienone is 2. The minimum absolute atomic E-state index is 0.224. The Morgan fingerprint density at radius 2 is 2.09 bits per heavy atom. The van der Waals surface area contributed by atoms with Crippen molar-refractivity contribution in [1.82, 2.24) is 4.90 Å². The van der Waals surface area contributed by atoms with Crippen molar-refractivity contribution in [3.05, 3.63) is 12.2 Å². The SMILES string of the molecule is O=C(OC(CN1CCOCC1)CS(=O)(=O)O)C1CC=CCC1. The molecule has 22 heavy (non-hydrogen) atoms. The molecule has 0 aromatic heterocycles. The predicted octanol–water partition coefficient (Wildman–Crippen LogP) is 0.475. The molecule has 0 aromatic carbocycles. The van der Waals surface area contributed by atoms with Crippen LogP contribution in [0, 0.1) is 5.92 Å². The third-order valence-corrected chi connectivity index (χ3v) is 4.64. The average molecular weight is 333 g/mol. The molecule has 1 fully saturated rings. The van der Waals surface area contributed by atoms with E-state index in [1.165, 1.54) is 0 Å². The maximum absolute atomic E-state index is 12.2. The summed E-state index contributed by atoms with van der Waals surface area (Å²) >= 11 is 0. The van der Waals surface area contributed by atoms with E-state index in [2.05, 4.69) is 0 Å². The molecule has 1 N–H and O–H groups in total. The Hall–Kier alpha value is -0.960. The molecule has 2 rings (SSSR count). The van der Waals surface area contributed by atoms with Gasteiger partial charge < -0.3 is 9.47 Å². The topological polar surface area (TPSA) is 93.1 Å². The molecule has 0 saturated carbocycles. The average Bonchev–Trinajstić information content (AvgIpc) is 2.47. The van der Waals surface area contributed by atoms with E-state index in [1.54, 1.807) is 0 Å². The monoisotopic (exact) mass is 333 g/mol. The predicted molar refractivity (Wildman–Crippen MR) is 80.0 cm³/mol. The van der Waals surface area contributed by atoms with Crippen LogP contribution < -0.4 is 0 Å². The molecule has 1 aliphatic carbocycles. The van der Waals surface area contributed by atoms with E-state index in [4.69, 9.17) is 14.0 Å². The van der Waals surface area contributed by atoms with Gasteiger partial charge in [0, 0.05) is 19.6 Å². The highest BCUT2D eigenvalue weighted by Crippen LogP contribution is 2.20. The molecule has 0 aromatic rings. The number of esters is 1. The third kappa shape index (κ3) is 6.04. The zero-order valence-corrected chi connectivity index (χ0v) is 13.3. The van der Waals surface area contributed by atoms with Crippen molar-refractivity contribution in [1.29, 1.82) is 0 Å². The first-order chi connectivity index (χ1) is 10.4. The van der Waals surface area contributed by atoms with Gasteiger partial charge in [-0.05, 0) is 19.3 Å². The van der Waals surface area contributed by atoms with Crippen LogP contribution in [0.5, 0.6) is 0 Å². The summed E-state index contributed by atoms with van der Waals surface area (Å²) in [5.41, 5.74) is 0. The van der Waals surface area contributed by atoms with Crippen molar-refractivity contribution in [2.75, 3.05) is 38.6 Å². The van der Waals surface area contributed by atoms with Gasteiger partial charge in [-0.3, -0.25) is 14.2 Å². The van der Waals surface area contributed by atoms with Crippen LogP contribution >= 0.6 is 0 Å². The van der Waals surface area contributed by atoms with Crippen molar-refractivity contribution >= 4 is 16.1 Å². The summed E-state index contributed by atoms with van der Waals surface area (Å²) in [5.74, 6) is -1.18. The van der Waals surface area contributed by atoms with E-state index >= 15 is 0 Å². The molecular formula is C14H23NO6S. The minimum atomic E-state index is -4.20. The second-order valence-corrected chi connectivity index (χ2v) is 7.20. The molecular weight excluding hydrogens is 310 g/mol. The maximum atomic E-state index is 12.2. The second kappa shape index (κ2) is 8.05. The van der Waals surface area contributed by atoms with E-state index in [0.29, 0.717) is 39.1 Å². The second-order valence-electron chi connectivity index (χ2n) is 5.70. The van der Waals surface area contributed by atoms with Crippen molar-refractivity contribution in [2.45, 2.75) is 25.4 Å². The standard InChI is InChI=1S/C14H23NO6S/c16-14(12-4-2-1-3-5-12)21-13(11-22(17,18)19)10-15-6-8-20-9-7-15/h1-2,12-13H,3-11H2,(H,17,18,19). The smallest absolute Gasteiger partial charge is 0.309 e. The summed E-state index contributed by atoms with van der Waals surface area (Å²) in [6.45, 7) is 2.74. The summed E-state index contributed by atoms with van der Waals surface area (Å²) in [6.07, 6.45) is 5.26. The Kier molecular flexibility index (Phi) is 6.37. The molecule has 0 spiro atoms. The highest BCUT2D eigenvalue weighted by molar-refractivity contribution is 7.85. The zero-order chi connectivity index (χ0) is 16.0. The van der Waals surface area contributed by atoms with Crippen molar-refractivity contribution in [3.8, 4) is 0 Å². The Morgan fingerprint density at radius 3 is 2.68 bits per heavy atom. The van der Waals surface area contributed by atoms with Crippen LogP contribution in [0.1, 0.15) is 19.3 Å². The fourth-order valence-electron chi connectivity index (χ4n) is 2.70. The lowest BCUT2D eigenvalue weighted by atomic mass is 9.95. The summed E-state index contributed by atoms with van der Waals surface area (Å²) in [5, 5.41) is 0. The Bertz CT molecular complexity index is 497. The largest absolute Gasteiger partial charge is 0.460 e. The Balaban J connectivity index is 1.93. The summed E-state index contributed by atoms with van der Waals surface area (Å²) in [4.78, 5) is 14.1. The van der Waals surface area contributed by atoms with Gasteiger partial charge in [-0.15, -0.1) is 0 Å². The van der Waals surface area contributed by atoms with Gasteiger partial charge in [-0.1, -0.05) is 12.2 Å². The number of nitrogens with zero attached hydrogens (tertiary/aromatic N) is 1. The summed E-state index contributed by atoms with van der Waals surface area (Å²) < 4.78 is 42.0. The molecule has 0 bridgehead atoms. The zero-order valence-electron chi connectivity index (χ0n) is 12.5. The van der Waals surface area contributed by atoms with E-state index in [0.717, 1.165) is 6.42 Å². The van der Waals surface area contributed by atoms with E-state index < -0.39 is 22.0 Å². The van der Waals surface area contributed by atoms with E-state index in [9.17, 15) is 13.2 Å².